The molecule has 0 unspecified atom stereocenters. The summed E-state index contributed by atoms with van der Waals surface area (Å²) >= 11 is 0. The molecule has 2 heterocycles. The van der Waals surface area contributed by atoms with Gasteiger partial charge in [-0.25, -0.2) is 4.79 Å². The van der Waals surface area contributed by atoms with Gasteiger partial charge in [-0.2, -0.15) is 0 Å². The van der Waals surface area contributed by atoms with Crippen LogP contribution in [0.25, 0.3) is 0 Å². The Hall–Kier alpha value is -2.28. The molecule has 7 heteroatoms. The molecule has 0 aliphatic carbocycles. The van der Waals surface area contributed by atoms with Crippen molar-refractivity contribution in [1.29, 1.82) is 0 Å². The Kier molecular flexibility index (Phi) is 5.75. The molecule has 1 aromatic rings. The summed E-state index contributed by atoms with van der Waals surface area (Å²) < 4.78 is 10.8. The van der Waals surface area contributed by atoms with Crippen molar-refractivity contribution in [3.8, 4) is 5.75 Å². The van der Waals surface area contributed by atoms with Gasteiger partial charge in [0.1, 0.15) is 5.75 Å². The zero-order valence-corrected chi connectivity index (χ0v) is 14.6. The van der Waals surface area contributed by atoms with E-state index in [2.05, 4.69) is 0 Å². The molecule has 0 radical (unpaired) electrons. The van der Waals surface area contributed by atoms with Gasteiger partial charge in [0.2, 0.25) is 0 Å². The Morgan fingerprint density at radius 3 is 2.24 bits per heavy atom. The zero-order chi connectivity index (χ0) is 17.6. The van der Waals surface area contributed by atoms with E-state index in [1.807, 2.05) is 34.9 Å². The molecule has 0 saturated carbocycles. The maximum absolute atomic E-state index is 12.8. The number of piperazine rings is 1. The summed E-state index contributed by atoms with van der Waals surface area (Å²) in [5, 5.41) is 0. The molecule has 0 atom stereocenters. The molecule has 0 aromatic heterocycles. The second-order valence-corrected chi connectivity index (χ2v) is 6.09. The summed E-state index contributed by atoms with van der Waals surface area (Å²) in [6.45, 7) is 7.07. The molecular formula is C18H25N3O4. The molecule has 2 aliphatic heterocycles. The van der Waals surface area contributed by atoms with Crippen molar-refractivity contribution in [2.75, 3.05) is 59.1 Å². The molecule has 0 N–H and O–H groups in total. The standard InChI is InChI=1S/C18H25N3O4/c1-2-25-16-6-4-3-5-15(16)17(22)19-7-9-20(10-8-19)18(23)21-11-13-24-14-12-21/h3-6H,2,7-14H2,1H3. The molecule has 0 bridgehead atoms. The Morgan fingerprint density at radius 1 is 0.960 bits per heavy atom. The van der Waals surface area contributed by atoms with E-state index in [1.54, 1.807) is 11.0 Å². The number of ether oxygens (including phenoxy) is 2. The molecule has 136 valence electrons. The topological polar surface area (TPSA) is 62.3 Å². The van der Waals surface area contributed by atoms with Crippen LogP contribution in [-0.2, 0) is 4.74 Å². The van der Waals surface area contributed by atoms with Crippen LogP contribution >= 0.6 is 0 Å². The average molecular weight is 347 g/mol. The normalized spacial score (nSPS) is 18.2. The van der Waals surface area contributed by atoms with Gasteiger partial charge in [0.15, 0.2) is 0 Å². The third kappa shape index (κ3) is 4.04. The Balaban J connectivity index is 1.58. The highest BCUT2D eigenvalue weighted by molar-refractivity contribution is 5.97. The van der Waals surface area contributed by atoms with Crippen LogP contribution in [0, 0.1) is 0 Å². The monoisotopic (exact) mass is 347 g/mol. The predicted molar refractivity (Wildman–Crippen MR) is 92.9 cm³/mol. The van der Waals surface area contributed by atoms with Crippen LogP contribution in [0.1, 0.15) is 17.3 Å². The third-order valence-electron chi connectivity index (χ3n) is 4.54. The first kappa shape index (κ1) is 17.5. The molecule has 25 heavy (non-hydrogen) atoms. The number of amides is 3. The lowest BCUT2D eigenvalue weighted by Crippen LogP contribution is -2.55. The first-order valence-electron chi connectivity index (χ1n) is 8.83. The zero-order valence-electron chi connectivity index (χ0n) is 14.6. The van der Waals surface area contributed by atoms with Crippen LogP contribution in [-0.4, -0.2) is 85.7 Å². The fraction of sp³-hybridized carbons (Fsp3) is 0.556. The fourth-order valence-electron chi connectivity index (χ4n) is 3.15. The molecule has 3 amide bonds. The predicted octanol–water partition coefficient (Wildman–Crippen LogP) is 1.30. The van der Waals surface area contributed by atoms with Gasteiger partial charge in [-0.3, -0.25) is 4.79 Å². The number of hydrogen-bond acceptors (Lipinski definition) is 4. The van der Waals surface area contributed by atoms with Gasteiger partial charge in [0, 0.05) is 39.3 Å². The minimum Gasteiger partial charge on any atom is -0.493 e. The van der Waals surface area contributed by atoms with E-state index in [9.17, 15) is 9.59 Å². The van der Waals surface area contributed by atoms with E-state index in [0.717, 1.165) is 0 Å². The van der Waals surface area contributed by atoms with E-state index in [4.69, 9.17) is 9.47 Å². The minimum atomic E-state index is -0.0393. The van der Waals surface area contributed by atoms with Crippen molar-refractivity contribution in [2.24, 2.45) is 0 Å². The Labute approximate surface area is 148 Å². The summed E-state index contributed by atoms with van der Waals surface area (Å²) in [6.07, 6.45) is 0. The number of carbonyl (C=O) groups excluding carboxylic acids is 2. The summed E-state index contributed by atoms with van der Waals surface area (Å²) in [5.74, 6) is 0.573. The van der Waals surface area contributed by atoms with Crippen molar-refractivity contribution >= 4 is 11.9 Å². The molecule has 1 aromatic carbocycles. The maximum atomic E-state index is 12.8. The van der Waals surface area contributed by atoms with E-state index in [-0.39, 0.29) is 11.9 Å². The highest BCUT2D eigenvalue weighted by atomic mass is 16.5. The number of hydrogen-bond donors (Lipinski definition) is 0. The highest BCUT2D eigenvalue weighted by Gasteiger charge is 2.29. The first-order chi connectivity index (χ1) is 12.2. The SMILES string of the molecule is CCOc1ccccc1C(=O)N1CCN(C(=O)N2CCOCC2)CC1. The van der Waals surface area contributed by atoms with Crippen molar-refractivity contribution in [1.82, 2.24) is 14.7 Å². The molecule has 2 aliphatic rings. The number of para-hydroxylation sites is 1. The molecule has 0 spiro atoms. The Bertz CT molecular complexity index is 608. The number of benzene rings is 1. The van der Waals surface area contributed by atoms with Crippen molar-refractivity contribution < 1.29 is 19.1 Å². The van der Waals surface area contributed by atoms with Crippen LogP contribution in [0.5, 0.6) is 5.75 Å². The largest absolute Gasteiger partial charge is 0.493 e. The van der Waals surface area contributed by atoms with Gasteiger partial charge in [0.25, 0.3) is 5.91 Å². The fourth-order valence-corrected chi connectivity index (χ4v) is 3.15. The van der Waals surface area contributed by atoms with Crippen LogP contribution in [0.2, 0.25) is 0 Å². The van der Waals surface area contributed by atoms with Gasteiger partial charge in [-0.15, -0.1) is 0 Å². The average Bonchev–Trinajstić information content (AvgIpc) is 2.68. The minimum absolute atomic E-state index is 0.0393. The van der Waals surface area contributed by atoms with Crippen molar-refractivity contribution in [3.05, 3.63) is 29.8 Å². The lowest BCUT2D eigenvalue weighted by atomic mass is 10.1. The van der Waals surface area contributed by atoms with E-state index in [1.165, 1.54) is 0 Å². The van der Waals surface area contributed by atoms with Gasteiger partial charge in [-0.1, -0.05) is 12.1 Å². The number of urea groups is 1. The maximum Gasteiger partial charge on any atom is 0.320 e. The summed E-state index contributed by atoms with van der Waals surface area (Å²) in [6, 6.07) is 7.35. The van der Waals surface area contributed by atoms with Crippen LogP contribution < -0.4 is 4.74 Å². The van der Waals surface area contributed by atoms with Crippen molar-refractivity contribution in [3.63, 3.8) is 0 Å². The second-order valence-electron chi connectivity index (χ2n) is 6.09. The summed E-state index contributed by atoms with van der Waals surface area (Å²) in [7, 11) is 0. The number of carbonyl (C=O) groups is 2. The lowest BCUT2D eigenvalue weighted by molar-refractivity contribution is 0.0362. The molecular weight excluding hydrogens is 322 g/mol. The van der Waals surface area contributed by atoms with E-state index >= 15 is 0 Å². The number of morpholine rings is 1. The second kappa shape index (κ2) is 8.20. The molecule has 3 rings (SSSR count). The van der Waals surface area contributed by atoms with E-state index < -0.39 is 0 Å². The first-order valence-corrected chi connectivity index (χ1v) is 8.83. The number of nitrogens with zero attached hydrogens (tertiary/aromatic N) is 3. The number of rotatable bonds is 3. The Morgan fingerprint density at radius 2 is 1.56 bits per heavy atom. The highest BCUT2D eigenvalue weighted by Crippen LogP contribution is 2.21. The van der Waals surface area contributed by atoms with Gasteiger partial charge in [0.05, 0.1) is 25.4 Å². The lowest BCUT2D eigenvalue weighted by Gasteiger charge is -2.38. The third-order valence-corrected chi connectivity index (χ3v) is 4.54. The summed E-state index contributed by atoms with van der Waals surface area (Å²) in [4.78, 5) is 30.7. The van der Waals surface area contributed by atoms with Crippen LogP contribution in [0.3, 0.4) is 0 Å². The van der Waals surface area contributed by atoms with Gasteiger partial charge < -0.3 is 24.2 Å². The van der Waals surface area contributed by atoms with Crippen molar-refractivity contribution in [2.45, 2.75) is 6.92 Å². The summed E-state index contributed by atoms with van der Waals surface area (Å²) in [5.41, 5.74) is 0.581. The van der Waals surface area contributed by atoms with Crippen LogP contribution in [0.15, 0.2) is 24.3 Å². The molecule has 7 nitrogen and oxygen atoms in total. The molecule has 2 saturated heterocycles. The quantitative estimate of drug-likeness (QED) is 0.827. The van der Waals surface area contributed by atoms with Crippen LogP contribution in [0.4, 0.5) is 4.79 Å². The smallest absolute Gasteiger partial charge is 0.320 e. The van der Waals surface area contributed by atoms with Gasteiger partial charge in [-0.05, 0) is 19.1 Å². The van der Waals surface area contributed by atoms with E-state index in [0.29, 0.717) is 70.4 Å². The molecule has 2 fully saturated rings. The van der Waals surface area contributed by atoms with Gasteiger partial charge >= 0.3 is 6.03 Å².